The molecule has 1 aliphatic heterocycles. The van der Waals surface area contributed by atoms with Crippen LogP contribution in [0.25, 0.3) is 0 Å². The minimum Gasteiger partial charge on any atom is -0.422 e. The lowest BCUT2D eigenvalue weighted by Crippen LogP contribution is -2.52. The zero-order valence-corrected chi connectivity index (χ0v) is 23.2. The number of benzene rings is 2. The molecule has 2 heterocycles. The van der Waals surface area contributed by atoms with Crippen LogP contribution in [0.2, 0.25) is 0 Å². The first kappa shape index (κ1) is 26.9. The molecule has 0 N–H and O–H groups in total. The average Bonchev–Trinajstić information content (AvgIpc) is 3.58. The van der Waals surface area contributed by atoms with Crippen LogP contribution in [-0.4, -0.2) is 51.0 Å². The van der Waals surface area contributed by atoms with Crippen LogP contribution >= 0.6 is 11.3 Å². The molecule has 4 aliphatic carbocycles. The average molecular weight is 598 g/mol. The van der Waals surface area contributed by atoms with E-state index in [-0.39, 0.29) is 34.4 Å². The number of thiophene rings is 1. The van der Waals surface area contributed by atoms with Crippen molar-refractivity contribution in [2.45, 2.75) is 6.42 Å². The van der Waals surface area contributed by atoms with Crippen molar-refractivity contribution in [1.82, 2.24) is 10.0 Å². The summed E-state index contributed by atoms with van der Waals surface area (Å²) in [6, 6.07) is 13.8. The summed E-state index contributed by atoms with van der Waals surface area (Å²) in [5.41, 5.74) is -0.0918. The number of nitrogens with zero attached hydrogens (tertiary/aromatic N) is 3. The highest BCUT2D eigenvalue weighted by atomic mass is 32.1. The summed E-state index contributed by atoms with van der Waals surface area (Å²) in [4.78, 5) is 78.1. The number of imide groups is 1. The molecule has 3 fully saturated rings. The quantitative estimate of drug-likeness (QED) is 0.0716. The van der Waals surface area contributed by atoms with Crippen molar-refractivity contribution in [2.75, 3.05) is 6.54 Å². The largest absolute Gasteiger partial charge is 0.422 e. The number of ether oxygens (including phenoxy) is 1. The summed E-state index contributed by atoms with van der Waals surface area (Å²) >= 11 is 1.23. The van der Waals surface area contributed by atoms with Gasteiger partial charge in [0.15, 0.2) is 5.78 Å². The van der Waals surface area contributed by atoms with Crippen LogP contribution in [0.5, 0.6) is 5.75 Å². The number of non-ortho nitro benzene ring substituents is 1. The Hall–Kier alpha value is -4.97. The summed E-state index contributed by atoms with van der Waals surface area (Å²) in [7, 11) is 0. The zero-order valence-electron chi connectivity index (χ0n) is 22.4. The summed E-state index contributed by atoms with van der Waals surface area (Å²) in [6.07, 6.45) is 4.99. The van der Waals surface area contributed by atoms with Crippen molar-refractivity contribution in [3.05, 3.63) is 104 Å². The Morgan fingerprint density at radius 2 is 1.51 bits per heavy atom. The molecule has 2 saturated carbocycles. The van der Waals surface area contributed by atoms with Gasteiger partial charge in [0, 0.05) is 23.3 Å². The van der Waals surface area contributed by atoms with E-state index in [4.69, 9.17) is 4.74 Å². The van der Waals surface area contributed by atoms with E-state index in [1.54, 1.807) is 17.5 Å². The Labute approximate surface area is 248 Å². The number of hydrogen-bond acceptors (Lipinski definition) is 9. The Morgan fingerprint density at radius 1 is 0.907 bits per heavy atom. The Morgan fingerprint density at radius 3 is 2.07 bits per heavy atom. The monoisotopic (exact) mass is 597 g/mol. The number of hydrazine groups is 1. The van der Waals surface area contributed by atoms with Gasteiger partial charge in [0.2, 0.25) is 0 Å². The number of carbonyl (C=O) groups is 5. The lowest BCUT2D eigenvalue weighted by molar-refractivity contribution is -0.384. The molecule has 216 valence electrons. The van der Waals surface area contributed by atoms with Gasteiger partial charge in [0.1, 0.15) is 17.2 Å². The minimum absolute atomic E-state index is 0.0198. The van der Waals surface area contributed by atoms with Crippen LogP contribution in [-0.2, 0) is 9.59 Å². The van der Waals surface area contributed by atoms with Gasteiger partial charge < -0.3 is 4.74 Å². The first-order valence-electron chi connectivity index (χ1n) is 13.7. The topological polar surface area (TPSA) is 144 Å². The lowest BCUT2D eigenvalue weighted by Gasteiger charge is -2.37. The van der Waals surface area contributed by atoms with Crippen LogP contribution in [0.4, 0.5) is 5.69 Å². The van der Waals surface area contributed by atoms with Crippen LogP contribution in [0.3, 0.4) is 0 Å². The van der Waals surface area contributed by atoms with E-state index in [2.05, 4.69) is 0 Å². The maximum Gasteiger partial charge on any atom is 0.353 e. The fourth-order valence-electron chi connectivity index (χ4n) is 6.78. The highest BCUT2D eigenvalue weighted by Crippen LogP contribution is 2.65. The third-order valence-electron chi connectivity index (χ3n) is 8.84. The number of amides is 3. The molecular formula is C31H23N3O8S. The van der Waals surface area contributed by atoms with Crippen molar-refractivity contribution in [1.29, 1.82) is 0 Å². The van der Waals surface area contributed by atoms with Crippen molar-refractivity contribution in [3.63, 3.8) is 0 Å². The molecule has 0 unspecified atom stereocenters. The standard InChI is InChI=1S/C31H23N3O8S/c35-24(16-5-9-19(10-6-16)42-31(39)25-2-1-13-43-25)15-32(28(36)17-3-7-18(8-4-17)34(40)41)33-29(37)26-20-11-12-21(23-14-22(20)23)27(26)30(33)38/h1-13,20-23,26-27H,14-15H2/t20-,21-,22-,23+,26-,27+/m0/s1. The normalized spacial score (nSPS) is 26.1. The highest BCUT2D eigenvalue weighted by Gasteiger charge is 2.68. The maximum atomic E-state index is 13.8. The summed E-state index contributed by atoms with van der Waals surface area (Å²) in [6.45, 7) is -0.628. The van der Waals surface area contributed by atoms with Crippen LogP contribution in [0, 0.1) is 45.6 Å². The molecule has 12 heteroatoms. The van der Waals surface area contributed by atoms with Crippen LogP contribution in [0.15, 0.2) is 78.2 Å². The molecule has 2 aromatic carbocycles. The van der Waals surface area contributed by atoms with E-state index in [1.165, 1.54) is 47.7 Å². The predicted molar refractivity (Wildman–Crippen MR) is 151 cm³/mol. The molecule has 43 heavy (non-hydrogen) atoms. The van der Waals surface area contributed by atoms with Gasteiger partial charge in [-0.2, -0.15) is 5.01 Å². The molecular weight excluding hydrogens is 574 g/mol. The van der Waals surface area contributed by atoms with Gasteiger partial charge in [-0.25, -0.2) is 9.80 Å². The second-order valence-electron chi connectivity index (χ2n) is 11.1. The van der Waals surface area contributed by atoms with E-state index in [0.29, 0.717) is 16.7 Å². The van der Waals surface area contributed by atoms with Gasteiger partial charge >= 0.3 is 5.97 Å². The molecule has 1 aromatic heterocycles. The number of carbonyl (C=O) groups excluding carboxylic acids is 5. The maximum absolute atomic E-state index is 13.8. The van der Waals surface area contributed by atoms with E-state index >= 15 is 0 Å². The van der Waals surface area contributed by atoms with E-state index < -0.39 is 52.8 Å². The molecule has 11 nitrogen and oxygen atoms in total. The number of ketones is 1. The summed E-state index contributed by atoms with van der Waals surface area (Å²) in [5, 5.41) is 14.6. The first-order valence-corrected chi connectivity index (χ1v) is 14.6. The molecule has 5 aliphatic rings. The van der Waals surface area contributed by atoms with Gasteiger partial charge in [-0.1, -0.05) is 18.2 Å². The Balaban J connectivity index is 1.16. The number of nitro benzene ring substituents is 1. The van der Waals surface area contributed by atoms with Gasteiger partial charge in [0.25, 0.3) is 23.4 Å². The fourth-order valence-corrected chi connectivity index (χ4v) is 7.37. The SMILES string of the molecule is O=C(CN(C(=O)c1ccc([N+](=O)[O-])cc1)N1C(=O)[C@@H]2[C@H]3C=C[C@@H]([C@@H]4C[C@H]34)[C@@H]2C1=O)c1ccc(OC(=O)c2cccs2)cc1. The van der Waals surface area contributed by atoms with Crippen molar-refractivity contribution < 1.29 is 33.6 Å². The molecule has 3 amide bonds. The number of allylic oxidation sites excluding steroid dienone is 2. The van der Waals surface area contributed by atoms with Gasteiger partial charge in [-0.05, 0) is 77.9 Å². The van der Waals surface area contributed by atoms with Crippen LogP contribution in [0.1, 0.15) is 36.8 Å². The Bertz CT molecular complexity index is 1680. The van der Waals surface area contributed by atoms with Gasteiger partial charge in [0.05, 0.1) is 16.8 Å². The fraction of sp³-hybridized carbons (Fsp3) is 0.258. The van der Waals surface area contributed by atoms with Crippen molar-refractivity contribution >= 4 is 46.5 Å². The second kappa shape index (κ2) is 10.1. The van der Waals surface area contributed by atoms with Crippen LogP contribution < -0.4 is 4.74 Å². The summed E-state index contributed by atoms with van der Waals surface area (Å²) in [5.74, 6) is -3.39. The second-order valence-corrected chi connectivity index (χ2v) is 12.1. The molecule has 6 atom stereocenters. The molecule has 8 rings (SSSR count). The lowest BCUT2D eigenvalue weighted by atomic mass is 9.63. The van der Waals surface area contributed by atoms with Crippen molar-refractivity contribution in [2.24, 2.45) is 35.5 Å². The third kappa shape index (κ3) is 4.45. The molecule has 2 bridgehead atoms. The first-order chi connectivity index (χ1) is 20.7. The van der Waals surface area contributed by atoms with Gasteiger partial charge in [-0.15, -0.1) is 11.3 Å². The number of esters is 1. The van der Waals surface area contributed by atoms with Crippen molar-refractivity contribution in [3.8, 4) is 5.75 Å². The number of nitro groups is 1. The predicted octanol–water partition coefficient (Wildman–Crippen LogP) is 4.17. The molecule has 0 spiro atoms. The van der Waals surface area contributed by atoms with E-state index in [9.17, 15) is 34.1 Å². The minimum atomic E-state index is -0.810. The molecule has 1 saturated heterocycles. The van der Waals surface area contributed by atoms with Gasteiger partial charge in [-0.3, -0.25) is 29.3 Å². The number of Topliss-reactive ketones (excluding diaryl/α,β-unsaturated/α-hetero) is 1. The van der Waals surface area contributed by atoms with E-state index in [1.807, 2.05) is 12.2 Å². The number of rotatable bonds is 8. The number of hydrogen-bond donors (Lipinski definition) is 0. The molecule has 3 aromatic rings. The smallest absolute Gasteiger partial charge is 0.353 e. The Kier molecular flexibility index (Phi) is 6.31. The molecule has 0 radical (unpaired) electrons. The third-order valence-corrected chi connectivity index (χ3v) is 9.69. The summed E-state index contributed by atoms with van der Waals surface area (Å²) < 4.78 is 5.34. The zero-order chi connectivity index (χ0) is 30.0. The highest BCUT2D eigenvalue weighted by molar-refractivity contribution is 7.12. The van der Waals surface area contributed by atoms with E-state index in [0.717, 1.165) is 28.6 Å².